The van der Waals surface area contributed by atoms with Gasteiger partial charge in [-0.05, 0) is 24.1 Å². The minimum absolute atomic E-state index is 0.00840. The number of amides is 3. The Hall–Kier alpha value is -4.26. The number of carboxylic acids is 1. The first-order valence-corrected chi connectivity index (χ1v) is 12.4. The van der Waals surface area contributed by atoms with E-state index in [2.05, 4.69) is 20.9 Å². The molecule has 5 unspecified atom stereocenters. The summed E-state index contributed by atoms with van der Waals surface area (Å²) in [7, 11) is 0. The topological polar surface area (TPSA) is 207 Å². The summed E-state index contributed by atoms with van der Waals surface area (Å²) in [5.41, 5.74) is 7.87. The number of H-pyrrole nitrogens is 1. The molecule has 3 amide bonds. The van der Waals surface area contributed by atoms with Crippen molar-refractivity contribution in [1.29, 1.82) is 0 Å². The van der Waals surface area contributed by atoms with Gasteiger partial charge in [-0.3, -0.25) is 14.4 Å². The van der Waals surface area contributed by atoms with Crippen LogP contribution in [-0.2, 0) is 32.0 Å². The van der Waals surface area contributed by atoms with Gasteiger partial charge in [-0.1, -0.05) is 48.5 Å². The summed E-state index contributed by atoms with van der Waals surface area (Å²) >= 11 is 0. The third-order valence-electron chi connectivity index (χ3n) is 6.23. The average Bonchev–Trinajstić information content (AvgIpc) is 3.33. The summed E-state index contributed by atoms with van der Waals surface area (Å²) in [5, 5.41) is 36.8. The number of nitrogens with two attached hydrogens (primary N) is 1. The van der Waals surface area contributed by atoms with E-state index in [0.29, 0.717) is 11.1 Å². The Balaban J connectivity index is 1.89. The molecule has 9 N–H and O–H groups in total. The molecule has 12 nitrogen and oxygen atoms in total. The quantitative estimate of drug-likeness (QED) is 0.137. The number of carbonyl (C=O) groups is 4. The van der Waals surface area contributed by atoms with E-state index in [0.717, 1.165) is 10.9 Å². The fourth-order valence-electron chi connectivity index (χ4n) is 4.07. The molecule has 0 aliphatic carbocycles. The molecule has 0 fully saturated rings. The van der Waals surface area contributed by atoms with Gasteiger partial charge in [-0.15, -0.1) is 0 Å². The zero-order chi connectivity index (χ0) is 28.5. The second kappa shape index (κ2) is 13.5. The van der Waals surface area contributed by atoms with Crippen molar-refractivity contribution >= 4 is 34.6 Å². The number of aromatic nitrogens is 1. The average molecular weight is 540 g/mol. The summed E-state index contributed by atoms with van der Waals surface area (Å²) < 4.78 is 0. The molecule has 12 heteroatoms. The highest BCUT2D eigenvalue weighted by molar-refractivity contribution is 5.95. The van der Waals surface area contributed by atoms with Crippen LogP contribution < -0.4 is 21.7 Å². The molecule has 0 spiro atoms. The van der Waals surface area contributed by atoms with Crippen molar-refractivity contribution in [3.05, 3.63) is 71.9 Å². The van der Waals surface area contributed by atoms with Gasteiger partial charge < -0.3 is 42.0 Å². The summed E-state index contributed by atoms with van der Waals surface area (Å²) in [6, 6.07) is 10.8. The van der Waals surface area contributed by atoms with Gasteiger partial charge in [0.25, 0.3) is 0 Å². The van der Waals surface area contributed by atoms with Gasteiger partial charge in [0.05, 0.1) is 12.7 Å². The standard InChI is InChI=1S/C27H33N5O7/c1-15(34)23(27(38)39)32-26(37)21(11-16-7-3-2-4-8-16)31-25(36)22(30-24(35)19(28)14-33)12-17-13-29-20-10-6-5-9-18(17)20/h2-10,13,15,19,21-23,29,33-34H,11-12,14,28H2,1H3,(H,30,35)(H,31,36)(H,32,37)(H,38,39). The van der Waals surface area contributed by atoms with E-state index in [1.54, 1.807) is 36.5 Å². The molecular formula is C27H33N5O7. The number of fused-ring (bicyclic) bond motifs is 1. The second-order valence-electron chi connectivity index (χ2n) is 9.23. The zero-order valence-corrected chi connectivity index (χ0v) is 21.3. The lowest BCUT2D eigenvalue weighted by atomic mass is 10.0. The number of para-hydroxylation sites is 1. The van der Waals surface area contributed by atoms with Crippen molar-refractivity contribution in [2.45, 2.75) is 50.0 Å². The number of carboxylic acid groups (broad SMARTS) is 1. The van der Waals surface area contributed by atoms with E-state index >= 15 is 0 Å². The van der Waals surface area contributed by atoms with Crippen molar-refractivity contribution in [2.75, 3.05) is 6.61 Å². The van der Waals surface area contributed by atoms with Crippen LogP contribution in [0.4, 0.5) is 0 Å². The van der Waals surface area contributed by atoms with Crippen LogP contribution >= 0.6 is 0 Å². The van der Waals surface area contributed by atoms with E-state index in [9.17, 15) is 34.5 Å². The Morgan fingerprint density at radius 1 is 0.872 bits per heavy atom. The Labute approximate surface area is 224 Å². The molecule has 3 aromatic rings. The fourth-order valence-corrected chi connectivity index (χ4v) is 4.07. The molecule has 0 saturated carbocycles. The number of aromatic amines is 1. The minimum atomic E-state index is -1.60. The maximum absolute atomic E-state index is 13.5. The molecule has 0 radical (unpaired) electrons. The van der Waals surface area contributed by atoms with Crippen LogP contribution in [0.3, 0.4) is 0 Å². The molecule has 1 aromatic heterocycles. The van der Waals surface area contributed by atoms with Gasteiger partial charge in [0.1, 0.15) is 18.1 Å². The van der Waals surface area contributed by atoms with Crippen molar-refractivity contribution in [2.24, 2.45) is 5.73 Å². The predicted octanol–water partition coefficient (Wildman–Crippen LogP) is -0.807. The third kappa shape index (κ3) is 7.87. The minimum Gasteiger partial charge on any atom is -0.480 e. The molecule has 3 rings (SSSR count). The molecule has 1 heterocycles. The highest BCUT2D eigenvalue weighted by Crippen LogP contribution is 2.19. The first-order valence-electron chi connectivity index (χ1n) is 12.4. The number of aliphatic carboxylic acids is 1. The number of aliphatic hydroxyl groups is 2. The van der Waals surface area contributed by atoms with Crippen LogP contribution in [0.2, 0.25) is 0 Å². The molecule has 0 aliphatic heterocycles. The van der Waals surface area contributed by atoms with E-state index in [-0.39, 0.29) is 12.8 Å². The smallest absolute Gasteiger partial charge is 0.328 e. The lowest BCUT2D eigenvalue weighted by molar-refractivity contribution is -0.145. The highest BCUT2D eigenvalue weighted by Gasteiger charge is 2.32. The van der Waals surface area contributed by atoms with Crippen LogP contribution in [0.25, 0.3) is 10.9 Å². The van der Waals surface area contributed by atoms with Gasteiger partial charge in [0.2, 0.25) is 17.7 Å². The molecular weight excluding hydrogens is 506 g/mol. The molecule has 0 aliphatic rings. The van der Waals surface area contributed by atoms with Crippen LogP contribution in [0, 0.1) is 0 Å². The summed E-state index contributed by atoms with van der Waals surface area (Å²) in [6.45, 7) is 0.587. The van der Waals surface area contributed by atoms with E-state index < -0.39 is 60.6 Å². The Morgan fingerprint density at radius 3 is 2.10 bits per heavy atom. The van der Waals surface area contributed by atoms with E-state index in [4.69, 9.17) is 5.73 Å². The first kappa shape index (κ1) is 29.3. The SMILES string of the molecule is CC(O)C(NC(=O)C(Cc1ccccc1)NC(=O)C(Cc1c[nH]c2ccccc12)NC(=O)C(N)CO)C(=O)O. The Morgan fingerprint density at radius 2 is 1.46 bits per heavy atom. The molecule has 2 aromatic carbocycles. The number of hydrogen-bond acceptors (Lipinski definition) is 7. The lowest BCUT2D eigenvalue weighted by Crippen LogP contribution is -2.59. The van der Waals surface area contributed by atoms with Gasteiger partial charge in [-0.25, -0.2) is 4.79 Å². The number of hydrogen-bond donors (Lipinski definition) is 8. The van der Waals surface area contributed by atoms with Crippen molar-refractivity contribution in [3.63, 3.8) is 0 Å². The fraction of sp³-hybridized carbons (Fsp3) is 0.333. The molecule has 208 valence electrons. The number of carbonyl (C=O) groups excluding carboxylic acids is 3. The van der Waals surface area contributed by atoms with E-state index in [1.807, 2.05) is 24.3 Å². The molecule has 5 atom stereocenters. The van der Waals surface area contributed by atoms with Gasteiger partial charge in [0.15, 0.2) is 6.04 Å². The van der Waals surface area contributed by atoms with Crippen LogP contribution in [-0.4, -0.2) is 80.9 Å². The summed E-state index contributed by atoms with van der Waals surface area (Å²) in [4.78, 5) is 53.8. The third-order valence-corrected chi connectivity index (χ3v) is 6.23. The van der Waals surface area contributed by atoms with Crippen LogP contribution in [0.5, 0.6) is 0 Å². The van der Waals surface area contributed by atoms with Crippen LogP contribution in [0.15, 0.2) is 60.8 Å². The summed E-state index contributed by atoms with van der Waals surface area (Å²) in [6.07, 6.45) is 0.352. The highest BCUT2D eigenvalue weighted by atomic mass is 16.4. The molecule has 39 heavy (non-hydrogen) atoms. The number of benzene rings is 2. The maximum atomic E-state index is 13.5. The largest absolute Gasteiger partial charge is 0.480 e. The Kier molecular flexibility index (Phi) is 10.1. The Bertz CT molecular complexity index is 1290. The zero-order valence-electron chi connectivity index (χ0n) is 21.3. The van der Waals surface area contributed by atoms with E-state index in [1.165, 1.54) is 6.92 Å². The molecule has 0 saturated heterocycles. The lowest BCUT2D eigenvalue weighted by Gasteiger charge is -2.26. The number of nitrogens with one attached hydrogen (secondary N) is 4. The normalized spacial score (nSPS) is 15.0. The molecule has 0 bridgehead atoms. The number of rotatable bonds is 13. The number of aliphatic hydroxyl groups excluding tert-OH is 2. The van der Waals surface area contributed by atoms with Crippen molar-refractivity contribution in [1.82, 2.24) is 20.9 Å². The van der Waals surface area contributed by atoms with Crippen molar-refractivity contribution in [3.8, 4) is 0 Å². The van der Waals surface area contributed by atoms with Gasteiger partial charge in [0, 0.05) is 29.9 Å². The predicted molar refractivity (Wildman–Crippen MR) is 142 cm³/mol. The van der Waals surface area contributed by atoms with Crippen LogP contribution in [0.1, 0.15) is 18.1 Å². The second-order valence-corrected chi connectivity index (χ2v) is 9.23. The summed E-state index contributed by atoms with van der Waals surface area (Å²) in [5.74, 6) is -3.75. The van der Waals surface area contributed by atoms with Crippen molar-refractivity contribution < 1.29 is 34.5 Å². The first-order chi connectivity index (χ1) is 18.6. The maximum Gasteiger partial charge on any atom is 0.328 e. The van der Waals surface area contributed by atoms with Gasteiger partial charge in [-0.2, -0.15) is 0 Å². The van der Waals surface area contributed by atoms with Gasteiger partial charge >= 0.3 is 5.97 Å². The monoisotopic (exact) mass is 539 g/mol.